The first kappa shape index (κ1) is 28.8. The van der Waals surface area contributed by atoms with E-state index in [0.717, 1.165) is 32.0 Å². The number of likely N-dealkylation sites (tertiary alicyclic amines) is 1. The second kappa shape index (κ2) is 13.3. The van der Waals surface area contributed by atoms with Crippen molar-refractivity contribution in [2.45, 2.75) is 25.3 Å². The molecule has 2 aromatic carbocycles. The molecule has 2 heterocycles. The number of hydrogen-bond donors (Lipinski definition) is 3. The second-order valence-electron chi connectivity index (χ2n) is 9.47. The highest BCUT2D eigenvalue weighted by atomic mass is 32.1. The molecule has 1 saturated heterocycles. The summed E-state index contributed by atoms with van der Waals surface area (Å²) in [5.41, 5.74) is 0.513. The van der Waals surface area contributed by atoms with E-state index in [1.54, 1.807) is 24.1 Å². The minimum Gasteiger partial charge on any atom is -0.454 e. The van der Waals surface area contributed by atoms with Gasteiger partial charge in [0.1, 0.15) is 17.4 Å². The van der Waals surface area contributed by atoms with Crippen molar-refractivity contribution in [3.8, 4) is 11.5 Å². The number of thiocarbonyl (C=S) groups is 1. The molecule has 0 atom stereocenters. The lowest BCUT2D eigenvalue weighted by atomic mass is 10.0. The zero-order valence-corrected chi connectivity index (χ0v) is 22.9. The number of benzene rings is 2. The van der Waals surface area contributed by atoms with Crippen molar-refractivity contribution in [3.63, 3.8) is 0 Å². The Kier molecular flexibility index (Phi) is 9.56. The Labute approximate surface area is 236 Å². The maximum Gasteiger partial charge on any atom is 0.323 e. The highest BCUT2D eigenvalue weighted by Crippen LogP contribution is 2.28. The van der Waals surface area contributed by atoms with Crippen LogP contribution in [0.1, 0.15) is 18.4 Å². The van der Waals surface area contributed by atoms with Crippen molar-refractivity contribution < 1.29 is 23.1 Å². The van der Waals surface area contributed by atoms with Gasteiger partial charge in [-0.15, -0.1) is 0 Å². The molecule has 210 valence electrons. The van der Waals surface area contributed by atoms with Gasteiger partial charge in [-0.2, -0.15) is 0 Å². The van der Waals surface area contributed by atoms with E-state index in [2.05, 4.69) is 32.9 Å². The third-order valence-corrected chi connectivity index (χ3v) is 6.71. The molecule has 4 rings (SSSR count). The van der Waals surface area contributed by atoms with E-state index < -0.39 is 17.5 Å². The van der Waals surface area contributed by atoms with Gasteiger partial charge in [-0.1, -0.05) is 18.2 Å². The van der Waals surface area contributed by atoms with E-state index in [9.17, 15) is 18.4 Å². The summed E-state index contributed by atoms with van der Waals surface area (Å²) < 4.78 is 34.2. The minimum absolute atomic E-state index is 0.0610. The van der Waals surface area contributed by atoms with Gasteiger partial charge in [0.05, 0.1) is 6.42 Å². The van der Waals surface area contributed by atoms with E-state index in [4.69, 9.17) is 17.0 Å². The molecule has 40 heavy (non-hydrogen) atoms. The maximum absolute atomic E-state index is 14.8. The molecule has 1 fully saturated rings. The van der Waals surface area contributed by atoms with Crippen molar-refractivity contribution in [1.29, 1.82) is 0 Å². The van der Waals surface area contributed by atoms with Crippen molar-refractivity contribution in [2.24, 2.45) is 0 Å². The smallest absolute Gasteiger partial charge is 0.323 e. The predicted octanol–water partition coefficient (Wildman–Crippen LogP) is 4.77. The van der Waals surface area contributed by atoms with Gasteiger partial charge < -0.3 is 25.2 Å². The van der Waals surface area contributed by atoms with Crippen LogP contribution < -0.4 is 20.7 Å². The molecule has 1 aliphatic rings. The Morgan fingerprint density at radius 1 is 1.07 bits per heavy atom. The molecule has 3 aromatic rings. The molecule has 3 amide bonds. The Morgan fingerprint density at radius 3 is 2.55 bits per heavy atom. The SMILES string of the molecule is CN1CCC(N(C)C(=O)Nc2cc(Oc3ccc(NC(=S)NC(=O)Cc4ccccc4F)cc3F)ccn2)CC1. The summed E-state index contributed by atoms with van der Waals surface area (Å²) in [6, 6.07) is 12.9. The first-order valence-electron chi connectivity index (χ1n) is 12.7. The van der Waals surface area contributed by atoms with Crippen molar-refractivity contribution >= 4 is 40.8 Å². The number of halogens is 2. The Bertz CT molecular complexity index is 1380. The summed E-state index contributed by atoms with van der Waals surface area (Å²) in [5, 5.41) is 7.87. The zero-order valence-electron chi connectivity index (χ0n) is 22.1. The van der Waals surface area contributed by atoms with Crippen LogP contribution in [0, 0.1) is 11.6 Å². The molecule has 1 aromatic heterocycles. The number of rotatable bonds is 7. The lowest BCUT2D eigenvalue weighted by Gasteiger charge is -2.34. The lowest BCUT2D eigenvalue weighted by molar-refractivity contribution is -0.119. The Balaban J connectivity index is 1.31. The van der Waals surface area contributed by atoms with Crippen LogP contribution >= 0.6 is 12.2 Å². The Hall–Kier alpha value is -4.16. The van der Waals surface area contributed by atoms with Crippen LogP contribution in [0.4, 0.5) is 25.1 Å². The number of carbonyl (C=O) groups excluding carboxylic acids is 2. The van der Waals surface area contributed by atoms with E-state index in [-0.39, 0.29) is 52.2 Å². The van der Waals surface area contributed by atoms with Crippen molar-refractivity contribution in [1.82, 2.24) is 20.1 Å². The number of piperidine rings is 1. The number of anilines is 2. The molecular weight excluding hydrogens is 538 g/mol. The van der Waals surface area contributed by atoms with Crippen LogP contribution in [-0.2, 0) is 11.2 Å². The van der Waals surface area contributed by atoms with Gasteiger partial charge in [-0.05, 0) is 75.0 Å². The number of pyridine rings is 1. The third kappa shape index (κ3) is 7.93. The van der Waals surface area contributed by atoms with Crippen LogP contribution in [0.5, 0.6) is 11.5 Å². The van der Waals surface area contributed by atoms with Crippen LogP contribution in [-0.4, -0.2) is 65.1 Å². The van der Waals surface area contributed by atoms with Gasteiger partial charge in [-0.25, -0.2) is 18.6 Å². The average molecular weight is 569 g/mol. The zero-order chi connectivity index (χ0) is 28.6. The van der Waals surface area contributed by atoms with E-state index in [0.29, 0.717) is 0 Å². The largest absolute Gasteiger partial charge is 0.454 e. The quantitative estimate of drug-likeness (QED) is 0.354. The van der Waals surface area contributed by atoms with Crippen molar-refractivity contribution in [2.75, 3.05) is 37.8 Å². The second-order valence-corrected chi connectivity index (χ2v) is 9.88. The monoisotopic (exact) mass is 568 g/mol. The Morgan fingerprint density at radius 2 is 1.82 bits per heavy atom. The number of amides is 3. The van der Waals surface area contributed by atoms with Crippen LogP contribution in [0.15, 0.2) is 60.8 Å². The van der Waals surface area contributed by atoms with Crippen LogP contribution in [0.2, 0.25) is 0 Å². The van der Waals surface area contributed by atoms with Gasteiger partial charge in [0.2, 0.25) is 5.91 Å². The molecule has 3 N–H and O–H groups in total. The van der Waals surface area contributed by atoms with Gasteiger partial charge in [0, 0.05) is 37.1 Å². The number of nitrogens with one attached hydrogen (secondary N) is 3. The lowest BCUT2D eigenvalue weighted by Crippen LogP contribution is -2.46. The number of aromatic nitrogens is 1. The molecule has 0 spiro atoms. The van der Waals surface area contributed by atoms with E-state index >= 15 is 0 Å². The predicted molar refractivity (Wildman–Crippen MR) is 152 cm³/mol. The van der Waals surface area contributed by atoms with E-state index in [1.807, 2.05) is 0 Å². The fourth-order valence-corrected chi connectivity index (χ4v) is 4.46. The average Bonchev–Trinajstić information content (AvgIpc) is 2.91. The molecule has 9 nitrogen and oxygen atoms in total. The molecule has 0 radical (unpaired) electrons. The fourth-order valence-electron chi connectivity index (χ4n) is 4.23. The molecule has 0 aliphatic carbocycles. The number of ether oxygens (including phenoxy) is 1. The molecular formula is C28H30F2N6O3S. The van der Waals surface area contributed by atoms with E-state index in [1.165, 1.54) is 42.6 Å². The number of carbonyl (C=O) groups is 2. The topological polar surface area (TPSA) is 98.8 Å². The summed E-state index contributed by atoms with van der Waals surface area (Å²) in [4.78, 5) is 33.0. The summed E-state index contributed by atoms with van der Waals surface area (Å²) in [6.07, 6.45) is 3.05. The molecule has 0 bridgehead atoms. The standard InChI is InChI=1S/C28H30F2N6O3S/c1-35-13-10-20(11-14-35)36(2)28(38)33-25-17-21(9-12-31-25)39-24-8-7-19(16-23(24)30)32-27(40)34-26(37)15-18-5-3-4-6-22(18)29/h3-9,12,16-17,20H,10-11,13-15H2,1-2H3,(H,31,33,38)(H2,32,34,37,40). The first-order valence-corrected chi connectivity index (χ1v) is 13.1. The summed E-state index contributed by atoms with van der Waals surface area (Å²) in [5.74, 6) is -1.19. The molecule has 0 unspecified atom stereocenters. The summed E-state index contributed by atoms with van der Waals surface area (Å²) in [6.45, 7) is 1.86. The fraction of sp³-hybridized carbons (Fsp3) is 0.286. The normalized spacial score (nSPS) is 13.8. The van der Waals surface area contributed by atoms with Crippen molar-refractivity contribution in [3.05, 3.63) is 78.0 Å². The van der Waals surface area contributed by atoms with Gasteiger partial charge in [0.25, 0.3) is 0 Å². The highest BCUT2D eigenvalue weighted by molar-refractivity contribution is 7.80. The minimum atomic E-state index is -0.685. The summed E-state index contributed by atoms with van der Waals surface area (Å²) >= 11 is 5.12. The van der Waals surface area contributed by atoms with Gasteiger partial charge in [0.15, 0.2) is 16.7 Å². The molecule has 12 heteroatoms. The third-order valence-electron chi connectivity index (χ3n) is 6.50. The van der Waals surface area contributed by atoms with Crippen LogP contribution in [0.25, 0.3) is 0 Å². The number of hydrogen-bond acceptors (Lipinski definition) is 6. The maximum atomic E-state index is 14.8. The number of urea groups is 1. The van der Waals surface area contributed by atoms with Gasteiger partial charge in [-0.3, -0.25) is 10.1 Å². The summed E-state index contributed by atoms with van der Waals surface area (Å²) in [7, 11) is 3.82. The van der Waals surface area contributed by atoms with Gasteiger partial charge >= 0.3 is 6.03 Å². The van der Waals surface area contributed by atoms with Crippen LogP contribution in [0.3, 0.4) is 0 Å². The molecule has 0 saturated carbocycles. The highest BCUT2D eigenvalue weighted by Gasteiger charge is 2.24. The molecule has 1 aliphatic heterocycles. The number of nitrogens with zero attached hydrogens (tertiary/aromatic N) is 3. The first-order chi connectivity index (χ1) is 19.2.